The Balaban J connectivity index is -0.0000000872. The summed E-state index contributed by atoms with van der Waals surface area (Å²) in [6.07, 6.45) is 20.9. The number of carboxylic acids is 3. The van der Waals surface area contributed by atoms with E-state index in [1.807, 2.05) is 0 Å². The van der Waals surface area contributed by atoms with Crippen LogP contribution in [0.1, 0.15) is 130 Å². The summed E-state index contributed by atoms with van der Waals surface area (Å²) in [5.41, 5.74) is 5.11. The van der Waals surface area contributed by atoms with Gasteiger partial charge in [0.15, 0.2) is 0 Å². The molecule has 0 aromatic heterocycles. The van der Waals surface area contributed by atoms with Crippen molar-refractivity contribution < 1.29 is 34.5 Å². The SMILES string of the molecule is CC(=O)O.CC(=O)O.CC(=O)O.CCCCCCCCCCCCCCCCCC(N)=O.N.N.N. The molecule has 1 amide bonds. The van der Waals surface area contributed by atoms with E-state index in [1.165, 1.54) is 89.9 Å². The number of carbonyl (C=O) groups excluding carboxylic acids is 1. The van der Waals surface area contributed by atoms with E-state index < -0.39 is 17.9 Å². The topological polar surface area (TPSA) is 260 Å². The number of carbonyl (C=O) groups is 4. The second kappa shape index (κ2) is 45.3. The number of aliphatic carboxylic acids is 3. The highest BCUT2D eigenvalue weighted by Crippen LogP contribution is 2.13. The molecule has 0 spiro atoms. The Morgan fingerprint density at radius 3 is 0.829 bits per heavy atom. The smallest absolute Gasteiger partial charge is 0.300 e. The molecule has 0 rings (SSSR count). The van der Waals surface area contributed by atoms with Crippen molar-refractivity contribution in [2.75, 3.05) is 0 Å². The molecule has 11 nitrogen and oxygen atoms in total. The molecule has 0 aliphatic rings. The molecular weight excluding hydrogens is 456 g/mol. The number of carboxylic acid groups (broad SMARTS) is 3. The summed E-state index contributed by atoms with van der Waals surface area (Å²) in [6.45, 7) is 5.53. The second-order valence-corrected chi connectivity index (χ2v) is 7.72. The van der Waals surface area contributed by atoms with E-state index in [0.717, 1.165) is 27.2 Å². The normalized spacial score (nSPS) is 8.34. The Kier molecular flexibility index (Phi) is 64.4. The molecule has 14 N–H and O–H groups in total. The predicted octanol–water partition coefficient (Wildman–Crippen LogP) is 6.49. The zero-order valence-electron chi connectivity index (χ0n) is 23.0. The second-order valence-electron chi connectivity index (χ2n) is 7.72. The van der Waals surface area contributed by atoms with Gasteiger partial charge in [-0.15, -0.1) is 0 Å². The van der Waals surface area contributed by atoms with Crippen molar-refractivity contribution in [1.29, 1.82) is 0 Å². The van der Waals surface area contributed by atoms with Crippen LogP contribution in [0.25, 0.3) is 0 Å². The van der Waals surface area contributed by atoms with Gasteiger partial charge in [0.1, 0.15) is 0 Å². The summed E-state index contributed by atoms with van der Waals surface area (Å²) < 4.78 is 0. The van der Waals surface area contributed by atoms with Crippen molar-refractivity contribution >= 4 is 23.8 Å². The molecule has 0 aliphatic carbocycles. The molecule has 0 fully saturated rings. The summed E-state index contributed by atoms with van der Waals surface area (Å²) in [5.74, 6) is -2.65. The quantitative estimate of drug-likeness (QED) is 0.110. The van der Waals surface area contributed by atoms with Crippen LogP contribution < -0.4 is 24.2 Å². The summed E-state index contributed by atoms with van der Waals surface area (Å²) in [4.78, 5) is 37.6. The first-order valence-electron chi connectivity index (χ1n) is 11.8. The highest BCUT2D eigenvalue weighted by Gasteiger charge is 1.96. The van der Waals surface area contributed by atoms with Crippen molar-refractivity contribution in [2.24, 2.45) is 5.73 Å². The van der Waals surface area contributed by atoms with Crippen molar-refractivity contribution in [3.05, 3.63) is 0 Å². The standard InChI is InChI=1S/C18H37NO.3C2H4O2.3H3N/c1-2-3-4-5-6-7-8-9-10-11-12-13-14-15-16-17-18(19)20;3*1-2(3)4;;;/h2-17H2,1H3,(H2,19,20);3*1H3,(H,3,4);3*1H3. The van der Waals surface area contributed by atoms with Crippen LogP contribution in [0.2, 0.25) is 0 Å². The molecule has 0 heterocycles. The number of primary amides is 1. The molecule has 11 heteroatoms. The van der Waals surface area contributed by atoms with Gasteiger partial charge in [-0.25, -0.2) is 0 Å². The van der Waals surface area contributed by atoms with Crippen LogP contribution in [0.5, 0.6) is 0 Å². The van der Waals surface area contributed by atoms with Gasteiger partial charge in [0.05, 0.1) is 0 Å². The van der Waals surface area contributed by atoms with Crippen LogP contribution in [0.3, 0.4) is 0 Å². The zero-order valence-corrected chi connectivity index (χ0v) is 23.0. The third-order valence-electron chi connectivity index (χ3n) is 4.03. The maximum Gasteiger partial charge on any atom is 0.300 e. The van der Waals surface area contributed by atoms with Gasteiger partial charge in [-0.05, 0) is 6.42 Å². The minimum atomic E-state index is -0.833. The van der Waals surface area contributed by atoms with Gasteiger partial charge in [0.25, 0.3) is 17.9 Å². The Hall–Kier alpha value is -2.24. The van der Waals surface area contributed by atoms with E-state index in [4.69, 9.17) is 35.4 Å². The van der Waals surface area contributed by atoms with Crippen molar-refractivity contribution in [1.82, 2.24) is 18.5 Å². The molecule has 0 saturated carbocycles. The number of hydrogen-bond donors (Lipinski definition) is 7. The Morgan fingerprint density at radius 2 is 0.657 bits per heavy atom. The van der Waals surface area contributed by atoms with Gasteiger partial charge in [-0.1, -0.05) is 96.8 Å². The number of amides is 1. The molecular formula is C24H58N4O7. The Morgan fingerprint density at radius 1 is 0.486 bits per heavy atom. The van der Waals surface area contributed by atoms with Gasteiger partial charge in [-0.2, -0.15) is 0 Å². The van der Waals surface area contributed by atoms with Gasteiger partial charge in [-0.3, -0.25) is 19.2 Å². The lowest BCUT2D eigenvalue weighted by molar-refractivity contribution is -0.135. The van der Waals surface area contributed by atoms with E-state index in [2.05, 4.69) is 6.92 Å². The minimum absolute atomic E-state index is 0. The lowest BCUT2D eigenvalue weighted by Crippen LogP contribution is -2.09. The van der Waals surface area contributed by atoms with E-state index in [1.54, 1.807) is 0 Å². The molecule has 0 aromatic carbocycles. The highest BCUT2D eigenvalue weighted by molar-refractivity contribution is 5.73. The minimum Gasteiger partial charge on any atom is -0.481 e. The van der Waals surface area contributed by atoms with Gasteiger partial charge < -0.3 is 39.5 Å². The molecule has 216 valence electrons. The number of nitrogens with two attached hydrogens (primary N) is 1. The van der Waals surface area contributed by atoms with Crippen molar-refractivity contribution in [3.8, 4) is 0 Å². The fraction of sp³-hybridized carbons (Fsp3) is 0.833. The number of unbranched alkanes of at least 4 members (excludes halogenated alkanes) is 14. The monoisotopic (exact) mass is 514 g/mol. The molecule has 0 unspecified atom stereocenters. The fourth-order valence-electron chi connectivity index (χ4n) is 2.67. The van der Waals surface area contributed by atoms with Crippen LogP contribution in [0.4, 0.5) is 0 Å². The largest absolute Gasteiger partial charge is 0.481 e. The van der Waals surface area contributed by atoms with Crippen LogP contribution in [-0.2, 0) is 19.2 Å². The maximum atomic E-state index is 10.6. The summed E-state index contributed by atoms with van der Waals surface area (Å²) in [6, 6.07) is 0. The number of rotatable bonds is 16. The summed E-state index contributed by atoms with van der Waals surface area (Å²) >= 11 is 0. The zero-order chi connectivity index (χ0) is 25.6. The van der Waals surface area contributed by atoms with E-state index in [0.29, 0.717) is 6.42 Å². The molecule has 0 radical (unpaired) electrons. The molecule has 0 aliphatic heterocycles. The maximum absolute atomic E-state index is 10.6. The predicted molar refractivity (Wildman–Crippen MR) is 144 cm³/mol. The van der Waals surface area contributed by atoms with Gasteiger partial charge in [0.2, 0.25) is 5.91 Å². The molecule has 0 bridgehead atoms. The molecule has 0 atom stereocenters. The van der Waals surface area contributed by atoms with Crippen LogP contribution in [0.15, 0.2) is 0 Å². The first-order chi connectivity index (χ1) is 15.0. The van der Waals surface area contributed by atoms with E-state index in [-0.39, 0.29) is 24.4 Å². The fourth-order valence-corrected chi connectivity index (χ4v) is 2.67. The first kappa shape index (κ1) is 49.8. The van der Waals surface area contributed by atoms with E-state index >= 15 is 0 Å². The third-order valence-corrected chi connectivity index (χ3v) is 4.03. The molecule has 0 aromatic rings. The van der Waals surface area contributed by atoms with Crippen LogP contribution in [-0.4, -0.2) is 39.1 Å². The average Bonchev–Trinajstić information content (AvgIpc) is 2.63. The Labute approximate surface area is 213 Å². The summed E-state index contributed by atoms with van der Waals surface area (Å²) in [5, 5.41) is 22.2. The van der Waals surface area contributed by atoms with Gasteiger partial charge in [0, 0.05) is 27.2 Å². The lowest BCUT2D eigenvalue weighted by atomic mass is 10.0. The highest BCUT2D eigenvalue weighted by atomic mass is 16.4. The van der Waals surface area contributed by atoms with Crippen LogP contribution in [0, 0.1) is 0 Å². The summed E-state index contributed by atoms with van der Waals surface area (Å²) in [7, 11) is 0. The van der Waals surface area contributed by atoms with Gasteiger partial charge >= 0.3 is 0 Å². The van der Waals surface area contributed by atoms with E-state index in [9.17, 15) is 4.79 Å². The lowest BCUT2D eigenvalue weighted by Gasteiger charge is -2.03. The first-order valence-corrected chi connectivity index (χ1v) is 11.8. The van der Waals surface area contributed by atoms with Crippen molar-refractivity contribution in [2.45, 2.75) is 130 Å². The van der Waals surface area contributed by atoms with Crippen molar-refractivity contribution in [3.63, 3.8) is 0 Å². The Bertz CT molecular complexity index is 411. The average molecular weight is 515 g/mol. The number of hydrogen-bond acceptors (Lipinski definition) is 7. The molecule has 0 saturated heterocycles. The molecule has 35 heavy (non-hydrogen) atoms. The third kappa shape index (κ3) is 129. The van der Waals surface area contributed by atoms with Crippen LogP contribution >= 0.6 is 0 Å².